The van der Waals surface area contributed by atoms with Crippen molar-refractivity contribution in [3.63, 3.8) is 0 Å². The molecule has 0 aliphatic rings. The van der Waals surface area contributed by atoms with Crippen LogP contribution in [-0.4, -0.2) is 25.8 Å². The van der Waals surface area contributed by atoms with Gasteiger partial charge in [-0.3, -0.25) is 4.98 Å². The molecular weight excluding hydrogens is 242 g/mol. The third-order valence-electron chi connectivity index (χ3n) is 2.92. The van der Waals surface area contributed by atoms with Crippen molar-refractivity contribution in [2.75, 3.05) is 0 Å². The topological polar surface area (TPSA) is 68.0 Å². The van der Waals surface area contributed by atoms with Crippen LogP contribution in [-0.2, 0) is 0 Å². The van der Waals surface area contributed by atoms with Crippen LogP contribution in [0.5, 0.6) is 0 Å². The zero-order chi connectivity index (χ0) is 13.4. The van der Waals surface area contributed by atoms with Gasteiger partial charge in [-0.2, -0.15) is 5.10 Å². The lowest BCUT2D eigenvalue weighted by Crippen LogP contribution is -2.07. The van der Waals surface area contributed by atoms with Crippen molar-refractivity contribution in [3.8, 4) is 5.69 Å². The lowest BCUT2D eigenvalue weighted by atomic mass is 10.1. The number of hydrogen-bond donors (Lipinski definition) is 1. The van der Waals surface area contributed by atoms with E-state index in [2.05, 4.69) is 10.1 Å². The molecule has 0 aliphatic carbocycles. The average molecular weight is 253 g/mol. The Hall–Kier alpha value is -2.69. The number of para-hydroxylation sites is 1. The number of aromatic nitrogens is 3. The van der Waals surface area contributed by atoms with E-state index in [-0.39, 0.29) is 5.56 Å². The van der Waals surface area contributed by atoms with Crippen molar-refractivity contribution in [2.45, 2.75) is 6.92 Å². The molecule has 5 heteroatoms. The Kier molecular flexibility index (Phi) is 2.52. The smallest absolute Gasteiger partial charge is 0.339 e. The Bertz CT molecular complexity index is 777. The minimum Gasteiger partial charge on any atom is -0.478 e. The molecule has 0 aliphatic heterocycles. The highest BCUT2D eigenvalue weighted by Gasteiger charge is 2.16. The van der Waals surface area contributed by atoms with Gasteiger partial charge < -0.3 is 5.11 Å². The molecule has 0 radical (unpaired) electrons. The van der Waals surface area contributed by atoms with E-state index in [0.29, 0.717) is 5.69 Å². The van der Waals surface area contributed by atoms with Gasteiger partial charge in [0.2, 0.25) is 0 Å². The number of carboxylic acid groups (broad SMARTS) is 1. The van der Waals surface area contributed by atoms with Crippen LogP contribution in [0.3, 0.4) is 0 Å². The molecule has 0 saturated heterocycles. The molecule has 0 amide bonds. The van der Waals surface area contributed by atoms with E-state index in [9.17, 15) is 9.90 Å². The van der Waals surface area contributed by atoms with Crippen molar-refractivity contribution in [1.82, 2.24) is 14.8 Å². The van der Waals surface area contributed by atoms with Crippen LogP contribution in [0.2, 0.25) is 0 Å². The van der Waals surface area contributed by atoms with Crippen molar-refractivity contribution < 1.29 is 9.90 Å². The van der Waals surface area contributed by atoms with Gasteiger partial charge in [-0.05, 0) is 18.6 Å². The molecule has 1 N–H and O–H groups in total. The standard InChI is InChI=1S/C14H11N3O2/c1-9-6-16-17(8-9)13-10-4-2-3-5-12(10)15-7-11(13)14(18)19/h2-8H,1H3,(H,18,19). The van der Waals surface area contributed by atoms with Gasteiger partial charge in [-0.15, -0.1) is 0 Å². The number of benzene rings is 1. The Morgan fingerprint density at radius 2 is 2.05 bits per heavy atom. The SMILES string of the molecule is Cc1cnn(-c2c(C(=O)O)cnc3ccccc23)c1. The molecule has 2 heterocycles. The fraction of sp³-hybridized carbons (Fsp3) is 0.0714. The molecule has 3 rings (SSSR count). The molecule has 1 aromatic carbocycles. The van der Waals surface area contributed by atoms with Gasteiger partial charge in [-0.25, -0.2) is 9.48 Å². The Morgan fingerprint density at radius 3 is 2.74 bits per heavy atom. The molecule has 19 heavy (non-hydrogen) atoms. The highest BCUT2D eigenvalue weighted by molar-refractivity contribution is 6.00. The molecule has 0 spiro atoms. The average Bonchev–Trinajstić information content (AvgIpc) is 2.83. The van der Waals surface area contributed by atoms with E-state index < -0.39 is 5.97 Å². The van der Waals surface area contributed by atoms with Crippen LogP contribution in [0.1, 0.15) is 15.9 Å². The number of aromatic carboxylic acids is 1. The molecule has 2 aromatic heterocycles. The second-order valence-corrected chi connectivity index (χ2v) is 4.31. The summed E-state index contributed by atoms with van der Waals surface area (Å²) in [6, 6.07) is 7.42. The number of hydrogen-bond acceptors (Lipinski definition) is 3. The van der Waals surface area contributed by atoms with E-state index in [1.165, 1.54) is 6.20 Å². The third kappa shape index (κ3) is 1.85. The van der Waals surface area contributed by atoms with Gasteiger partial charge in [0.05, 0.1) is 17.4 Å². The maximum atomic E-state index is 11.4. The zero-order valence-electron chi connectivity index (χ0n) is 10.2. The summed E-state index contributed by atoms with van der Waals surface area (Å²) in [5, 5.41) is 14.3. The number of carbonyl (C=O) groups is 1. The number of pyridine rings is 1. The van der Waals surface area contributed by atoms with Crippen LogP contribution in [0, 0.1) is 6.92 Å². The third-order valence-corrected chi connectivity index (χ3v) is 2.92. The van der Waals surface area contributed by atoms with Gasteiger partial charge in [0.25, 0.3) is 0 Å². The molecule has 0 fully saturated rings. The van der Waals surface area contributed by atoms with Crippen LogP contribution >= 0.6 is 0 Å². The van der Waals surface area contributed by atoms with Gasteiger partial charge in [0.1, 0.15) is 5.56 Å². The van der Waals surface area contributed by atoms with E-state index in [4.69, 9.17) is 0 Å². The number of aryl methyl sites for hydroxylation is 1. The lowest BCUT2D eigenvalue weighted by molar-refractivity contribution is 0.0696. The molecule has 0 atom stereocenters. The summed E-state index contributed by atoms with van der Waals surface area (Å²) < 4.78 is 1.59. The molecule has 3 aromatic rings. The molecule has 94 valence electrons. The Balaban J connectivity index is 2.41. The maximum Gasteiger partial charge on any atom is 0.339 e. The first kappa shape index (κ1) is 11.4. The Labute approximate surface area is 109 Å². The number of nitrogens with zero attached hydrogens (tertiary/aromatic N) is 3. The molecular formula is C14H11N3O2. The molecule has 0 bridgehead atoms. The monoisotopic (exact) mass is 253 g/mol. The van der Waals surface area contributed by atoms with E-state index in [1.807, 2.05) is 31.2 Å². The van der Waals surface area contributed by atoms with E-state index >= 15 is 0 Å². The fourth-order valence-electron chi connectivity index (χ4n) is 2.07. The molecule has 0 saturated carbocycles. The molecule has 0 unspecified atom stereocenters. The Morgan fingerprint density at radius 1 is 1.26 bits per heavy atom. The summed E-state index contributed by atoms with van der Waals surface area (Å²) in [7, 11) is 0. The first-order chi connectivity index (χ1) is 9.16. The lowest BCUT2D eigenvalue weighted by Gasteiger charge is -2.09. The van der Waals surface area contributed by atoms with Crippen molar-refractivity contribution in [2.24, 2.45) is 0 Å². The minimum absolute atomic E-state index is 0.141. The minimum atomic E-state index is -1.01. The highest BCUT2D eigenvalue weighted by Crippen LogP contribution is 2.24. The van der Waals surface area contributed by atoms with Crippen LogP contribution < -0.4 is 0 Å². The van der Waals surface area contributed by atoms with E-state index in [0.717, 1.165) is 16.5 Å². The first-order valence-corrected chi connectivity index (χ1v) is 5.79. The largest absolute Gasteiger partial charge is 0.478 e. The number of carboxylic acids is 1. The fourth-order valence-corrected chi connectivity index (χ4v) is 2.07. The summed E-state index contributed by atoms with van der Waals surface area (Å²) in [6.45, 7) is 1.91. The van der Waals surface area contributed by atoms with E-state index in [1.54, 1.807) is 17.1 Å². The predicted octanol–water partition coefficient (Wildman–Crippen LogP) is 2.43. The number of fused-ring (bicyclic) bond motifs is 1. The second-order valence-electron chi connectivity index (χ2n) is 4.31. The second kappa shape index (κ2) is 4.20. The first-order valence-electron chi connectivity index (χ1n) is 5.79. The highest BCUT2D eigenvalue weighted by atomic mass is 16.4. The summed E-state index contributed by atoms with van der Waals surface area (Å²) in [5.41, 5.74) is 2.40. The van der Waals surface area contributed by atoms with Crippen LogP contribution in [0.25, 0.3) is 16.6 Å². The zero-order valence-corrected chi connectivity index (χ0v) is 10.2. The van der Waals surface area contributed by atoms with Gasteiger partial charge in [-0.1, -0.05) is 18.2 Å². The van der Waals surface area contributed by atoms with Crippen LogP contribution in [0.15, 0.2) is 42.9 Å². The summed E-state index contributed by atoms with van der Waals surface area (Å²) >= 11 is 0. The normalized spacial score (nSPS) is 10.8. The van der Waals surface area contributed by atoms with Crippen molar-refractivity contribution in [3.05, 3.63) is 54.0 Å². The summed E-state index contributed by atoms with van der Waals surface area (Å²) in [4.78, 5) is 15.5. The van der Waals surface area contributed by atoms with Crippen molar-refractivity contribution >= 4 is 16.9 Å². The summed E-state index contributed by atoms with van der Waals surface area (Å²) in [6.07, 6.45) is 4.87. The van der Waals surface area contributed by atoms with Gasteiger partial charge in [0.15, 0.2) is 0 Å². The van der Waals surface area contributed by atoms with Crippen molar-refractivity contribution in [1.29, 1.82) is 0 Å². The predicted molar refractivity (Wildman–Crippen MR) is 70.6 cm³/mol. The molecule has 5 nitrogen and oxygen atoms in total. The summed E-state index contributed by atoms with van der Waals surface area (Å²) in [5.74, 6) is -1.01. The maximum absolute atomic E-state index is 11.4. The van der Waals surface area contributed by atoms with Gasteiger partial charge in [0, 0.05) is 17.8 Å². The van der Waals surface area contributed by atoms with Gasteiger partial charge >= 0.3 is 5.97 Å². The quantitative estimate of drug-likeness (QED) is 0.761. The number of rotatable bonds is 2. The van der Waals surface area contributed by atoms with Crippen LogP contribution in [0.4, 0.5) is 0 Å².